The minimum atomic E-state index is -0.446. The zero-order chi connectivity index (χ0) is 19.8. The molecule has 2 fully saturated rings. The second-order valence-corrected chi connectivity index (χ2v) is 7.79. The molecule has 4 atom stereocenters. The monoisotopic (exact) mass is 388 g/mol. The van der Waals surface area contributed by atoms with E-state index in [1.807, 2.05) is 31.2 Å². The molecule has 0 aromatic heterocycles. The van der Waals surface area contributed by atoms with Crippen molar-refractivity contribution in [1.82, 2.24) is 0 Å². The largest absolute Gasteiger partial charge is 0.493 e. The summed E-state index contributed by atoms with van der Waals surface area (Å²) in [5, 5.41) is 10.3. The Balaban J connectivity index is 1.64. The quantitative estimate of drug-likeness (QED) is 0.391. The van der Waals surface area contributed by atoms with Crippen molar-refractivity contribution in [2.24, 2.45) is 11.8 Å². The average molecular weight is 389 g/mol. The van der Waals surface area contributed by atoms with Gasteiger partial charge in [-0.15, -0.1) is 0 Å². The van der Waals surface area contributed by atoms with E-state index in [9.17, 15) is 9.90 Å². The van der Waals surface area contributed by atoms with Crippen molar-refractivity contribution in [2.45, 2.75) is 64.3 Å². The van der Waals surface area contributed by atoms with Crippen molar-refractivity contribution in [3.05, 3.63) is 41.7 Å². The van der Waals surface area contributed by atoms with Gasteiger partial charge in [0.1, 0.15) is 12.0 Å². The summed E-state index contributed by atoms with van der Waals surface area (Å²) in [7, 11) is 0. The Labute approximate surface area is 167 Å². The lowest BCUT2D eigenvalue weighted by atomic mass is 9.90. The molecule has 28 heavy (non-hydrogen) atoms. The summed E-state index contributed by atoms with van der Waals surface area (Å²) in [5.74, 6) is 1.69. The topological polar surface area (TPSA) is 65.0 Å². The van der Waals surface area contributed by atoms with Crippen LogP contribution in [0.15, 0.2) is 36.1 Å². The first-order valence-corrected chi connectivity index (χ1v) is 10.5. The molecule has 0 spiro atoms. The van der Waals surface area contributed by atoms with Crippen molar-refractivity contribution in [1.29, 1.82) is 0 Å². The standard InChI is InChI=1S/C23H32O5/c1-17-6-4-7-18(16-17)26-15-5-8-22(28-23-9-2-3-14-27-23)20-10-11-21(25)19(20)12-13-24/h4,6-8,13,16,19-21,23,25H,2-3,5,9-12,14-15H2,1H3/t19-,20+,21+,23?/m0/s1. The van der Waals surface area contributed by atoms with Crippen molar-refractivity contribution in [3.8, 4) is 5.75 Å². The lowest BCUT2D eigenvalue weighted by Crippen LogP contribution is -2.27. The highest BCUT2D eigenvalue weighted by molar-refractivity contribution is 5.50. The van der Waals surface area contributed by atoms with E-state index in [2.05, 4.69) is 6.08 Å². The van der Waals surface area contributed by atoms with Gasteiger partial charge in [-0.3, -0.25) is 0 Å². The number of aliphatic hydroxyl groups is 1. The fourth-order valence-corrected chi connectivity index (χ4v) is 4.16. The number of rotatable bonds is 9. The molecule has 1 aliphatic heterocycles. The molecule has 0 amide bonds. The lowest BCUT2D eigenvalue weighted by Gasteiger charge is -2.29. The Hall–Kier alpha value is -1.85. The molecule has 3 rings (SSSR count). The zero-order valence-corrected chi connectivity index (χ0v) is 16.7. The van der Waals surface area contributed by atoms with E-state index < -0.39 is 6.10 Å². The Morgan fingerprint density at radius 3 is 2.93 bits per heavy atom. The number of carbonyl (C=O) groups excluding carboxylic acids is 1. The Bertz CT molecular complexity index is 650. The number of benzene rings is 1. The van der Waals surface area contributed by atoms with Gasteiger partial charge in [0.05, 0.1) is 25.1 Å². The molecule has 1 heterocycles. The molecule has 1 aromatic carbocycles. The third-order valence-electron chi connectivity index (χ3n) is 5.65. The zero-order valence-electron chi connectivity index (χ0n) is 16.7. The summed E-state index contributed by atoms with van der Waals surface area (Å²) in [4.78, 5) is 11.1. The number of aliphatic hydroxyl groups excluding tert-OH is 1. The van der Waals surface area contributed by atoms with E-state index in [-0.39, 0.29) is 18.1 Å². The summed E-state index contributed by atoms with van der Waals surface area (Å²) >= 11 is 0. The second kappa shape index (κ2) is 10.6. The summed E-state index contributed by atoms with van der Waals surface area (Å²) in [6.07, 6.45) is 7.94. The van der Waals surface area contributed by atoms with Gasteiger partial charge in [0, 0.05) is 31.1 Å². The number of aryl methyl sites for hydroxylation is 1. The molecule has 1 aliphatic carbocycles. The van der Waals surface area contributed by atoms with Gasteiger partial charge in [-0.25, -0.2) is 0 Å². The van der Waals surface area contributed by atoms with Crippen LogP contribution in [-0.4, -0.2) is 37.0 Å². The molecule has 0 radical (unpaired) electrons. The highest BCUT2D eigenvalue weighted by atomic mass is 16.7. The first kappa shape index (κ1) is 20.9. The minimum absolute atomic E-state index is 0.0599. The molecular formula is C23H32O5. The predicted octanol–water partition coefficient (Wildman–Crippen LogP) is 4.17. The number of allylic oxidation sites excluding steroid dienone is 1. The molecule has 1 unspecified atom stereocenters. The van der Waals surface area contributed by atoms with Crippen molar-refractivity contribution in [2.75, 3.05) is 13.2 Å². The third-order valence-corrected chi connectivity index (χ3v) is 5.65. The second-order valence-electron chi connectivity index (χ2n) is 7.79. The van der Waals surface area contributed by atoms with Crippen LogP contribution < -0.4 is 4.74 Å². The Morgan fingerprint density at radius 2 is 2.18 bits per heavy atom. The normalized spacial score (nSPS) is 28.1. The van der Waals surface area contributed by atoms with Gasteiger partial charge in [-0.1, -0.05) is 12.1 Å². The van der Waals surface area contributed by atoms with Crippen LogP contribution in [0.1, 0.15) is 50.5 Å². The van der Waals surface area contributed by atoms with Gasteiger partial charge >= 0.3 is 0 Å². The van der Waals surface area contributed by atoms with E-state index in [4.69, 9.17) is 14.2 Å². The smallest absolute Gasteiger partial charge is 0.199 e. The van der Waals surface area contributed by atoms with Crippen molar-refractivity contribution < 1.29 is 24.1 Å². The van der Waals surface area contributed by atoms with Gasteiger partial charge in [0.15, 0.2) is 6.29 Å². The first-order valence-electron chi connectivity index (χ1n) is 10.5. The van der Waals surface area contributed by atoms with Gasteiger partial charge in [0.25, 0.3) is 0 Å². The van der Waals surface area contributed by atoms with E-state index >= 15 is 0 Å². The fourth-order valence-electron chi connectivity index (χ4n) is 4.16. The van der Waals surface area contributed by atoms with E-state index in [0.717, 1.165) is 50.1 Å². The SMILES string of the molecule is Cc1cccc(OCCC=C(OC2CCCCO2)[C@@H]2CC[C@@H](O)[C@H]2CC=O)c1. The first-order chi connectivity index (χ1) is 13.7. The molecule has 154 valence electrons. The van der Waals surface area contributed by atoms with E-state index in [1.54, 1.807) is 0 Å². The maximum atomic E-state index is 11.1. The maximum absolute atomic E-state index is 11.1. The predicted molar refractivity (Wildman–Crippen MR) is 107 cm³/mol. The summed E-state index contributed by atoms with van der Waals surface area (Å²) < 4.78 is 17.8. The molecule has 1 saturated carbocycles. The maximum Gasteiger partial charge on any atom is 0.199 e. The lowest BCUT2D eigenvalue weighted by molar-refractivity contribution is -0.146. The molecule has 5 nitrogen and oxygen atoms in total. The van der Waals surface area contributed by atoms with Crippen LogP contribution >= 0.6 is 0 Å². The molecule has 1 N–H and O–H groups in total. The number of aldehydes is 1. The van der Waals surface area contributed by atoms with Gasteiger partial charge in [0.2, 0.25) is 0 Å². The van der Waals surface area contributed by atoms with Crippen LogP contribution in [0.25, 0.3) is 0 Å². The van der Waals surface area contributed by atoms with Crippen LogP contribution in [-0.2, 0) is 14.3 Å². The van der Waals surface area contributed by atoms with E-state index in [1.165, 1.54) is 5.56 Å². The molecule has 2 aliphatic rings. The number of ether oxygens (including phenoxy) is 3. The summed E-state index contributed by atoms with van der Waals surface area (Å²) in [6.45, 7) is 3.32. The molecule has 5 heteroatoms. The molecule has 1 aromatic rings. The van der Waals surface area contributed by atoms with Crippen LogP contribution in [0.4, 0.5) is 0 Å². The number of carbonyl (C=O) groups is 1. The number of hydrogen-bond donors (Lipinski definition) is 1. The van der Waals surface area contributed by atoms with Gasteiger partial charge in [-0.05, 0) is 56.4 Å². The molecule has 0 bridgehead atoms. The van der Waals surface area contributed by atoms with Crippen LogP contribution in [0.2, 0.25) is 0 Å². The molecule has 1 saturated heterocycles. The highest BCUT2D eigenvalue weighted by Crippen LogP contribution is 2.40. The van der Waals surface area contributed by atoms with Gasteiger partial charge < -0.3 is 24.1 Å². The Morgan fingerprint density at radius 1 is 1.29 bits per heavy atom. The third kappa shape index (κ3) is 5.82. The average Bonchev–Trinajstić information content (AvgIpc) is 3.06. The summed E-state index contributed by atoms with van der Waals surface area (Å²) in [5.41, 5.74) is 1.17. The van der Waals surface area contributed by atoms with Crippen LogP contribution in [0, 0.1) is 18.8 Å². The van der Waals surface area contributed by atoms with Crippen molar-refractivity contribution >= 4 is 6.29 Å². The van der Waals surface area contributed by atoms with Gasteiger partial charge in [-0.2, -0.15) is 0 Å². The molecular weight excluding hydrogens is 356 g/mol. The number of hydrogen-bond acceptors (Lipinski definition) is 5. The Kier molecular flexibility index (Phi) is 7.92. The summed E-state index contributed by atoms with van der Waals surface area (Å²) in [6, 6.07) is 8.00. The minimum Gasteiger partial charge on any atom is -0.493 e. The van der Waals surface area contributed by atoms with Crippen LogP contribution in [0.3, 0.4) is 0 Å². The van der Waals surface area contributed by atoms with Crippen molar-refractivity contribution in [3.63, 3.8) is 0 Å². The highest BCUT2D eigenvalue weighted by Gasteiger charge is 2.38. The fraction of sp³-hybridized carbons (Fsp3) is 0.609. The van der Waals surface area contributed by atoms with Crippen LogP contribution in [0.5, 0.6) is 5.75 Å². The van der Waals surface area contributed by atoms with E-state index in [0.29, 0.717) is 25.9 Å².